The molecule has 0 bridgehead atoms. The molecular formula is C19H26N4O3S. The lowest BCUT2D eigenvalue weighted by Gasteiger charge is -2.39. The molecule has 0 saturated carbocycles. The van der Waals surface area contributed by atoms with Crippen LogP contribution in [-0.4, -0.2) is 80.4 Å². The van der Waals surface area contributed by atoms with Crippen LogP contribution in [0.5, 0.6) is 5.75 Å². The van der Waals surface area contributed by atoms with Crippen LogP contribution in [0.3, 0.4) is 0 Å². The van der Waals surface area contributed by atoms with Crippen LogP contribution >= 0.6 is 11.3 Å². The van der Waals surface area contributed by atoms with Crippen molar-refractivity contribution in [2.24, 2.45) is 0 Å². The average molecular weight is 391 g/mol. The van der Waals surface area contributed by atoms with Crippen LogP contribution in [0.15, 0.2) is 18.2 Å². The Morgan fingerprint density at radius 1 is 1.26 bits per heavy atom. The van der Waals surface area contributed by atoms with Crippen molar-refractivity contribution in [1.82, 2.24) is 14.8 Å². The second kappa shape index (κ2) is 7.90. The predicted octanol–water partition coefficient (Wildman–Crippen LogP) is 2.66. The fourth-order valence-electron chi connectivity index (χ4n) is 3.79. The number of urea groups is 1. The van der Waals surface area contributed by atoms with Crippen molar-refractivity contribution >= 4 is 32.7 Å². The lowest BCUT2D eigenvalue weighted by Crippen LogP contribution is -2.52. The van der Waals surface area contributed by atoms with Gasteiger partial charge in [-0.1, -0.05) is 17.4 Å². The third-order valence-electron chi connectivity index (χ3n) is 5.46. The quantitative estimate of drug-likeness (QED) is 0.806. The maximum Gasteiger partial charge on any atom is 0.320 e. The molecule has 0 aliphatic carbocycles. The highest BCUT2D eigenvalue weighted by Crippen LogP contribution is 2.35. The average Bonchev–Trinajstić information content (AvgIpc) is 3.18. The van der Waals surface area contributed by atoms with E-state index in [4.69, 9.17) is 14.5 Å². The minimum absolute atomic E-state index is 0.126. The minimum Gasteiger partial charge on any atom is -0.494 e. The van der Waals surface area contributed by atoms with Gasteiger partial charge in [-0.2, -0.15) is 0 Å². The summed E-state index contributed by atoms with van der Waals surface area (Å²) in [6, 6.07) is 6.44. The van der Waals surface area contributed by atoms with Crippen LogP contribution in [0.1, 0.15) is 12.8 Å². The van der Waals surface area contributed by atoms with Gasteiger partial charge >= 0.3 is 6.03 Å². The number of carbonyl (C=O) groups is 1. The summed E-state index contributed by atoms with van der Waals surface area (Å²) in [5.41, 5.74) is 0.932. The predicted molar refractivity (Wildman–Crippen MR) is 107 cm³/mol. The summed E-state index contributed by atoms with van der Waals surface area (Å²) in [5.74, 6) is 0.820. The number of nitrogens with zero attached hydrogens (tertiary/aromatic N) is 4. The molecule has 2 amide bonds. The molecule has 2 aliphatic rings. The number of fused-ring (bicyclic) bond motifs is 1. The summed E-state index contributed by atoms with van der Waals surface area (Å²) < 4.78 is 11.9. The van der Waals surface area contributed by atoms with E-state index in [-0.39, 0.29) is 12.1 Å². The molecule has 2 aromatic rings. The highest BCUT2D eigenvalue weighted by Gasteiger charge is 2.29. The zero-order valence-electron chi connectivity index (χ0n) is 15.9. The molecule has 27 heavy (non-hydrogen) atoms. The number of rotatable bonds is 3. The van der Waals surface area contributed by atoms with Crippen molar-refractivity contribution in [3.63, 3.8) is 0 Å². The Labute approximate surface area is 163 Å². The van der Waals surface area contributed by atoms with Gasteiger partial charge in [-0.3, -0.25) is 0 Å². The van der Waals surface area contributed by atoms with E-state index in [1.54, 1.807) is 18.4 Å². The number of carbonyl (C=O) groups excluding carboxylic acids is 1. The van der Waals surface area contributed by atoms with E-state index in [9.17, 15) is 4.79 Å². The van der Waals surface area contributed by atoms with E-state index >= 15 is 0 Å². The summed E-state index contributed by atoms with van der Waals surface area (Å²) in [4.78, 5) is 23.6. The number of ether oxygens (including phenoxy) is 2. The second-order valence-corrected chi connectivity index (χ2v) is 8.02. The molecule has 0 N–H and O–H groups in total. The first-order valence-corrected chi connectivity index (χ1v) is 10.3. The smallest absolute Gasteiger partial charge is 0.320 e. The van der Waals surface area contributed by atoms with Crippen molar-refractivity contribution < 1.29 is 14.3 Å². The number of anilines is 1. The molecule has 3 heterocycles. The SMILES string of the molecule is COc1cccc2sc(N3CCC(N(C)C(=O)N4CCOCC4)CC3)nc12. The normalized spacial score (nSPS) is 18.7. The summed E-state index contributed by atoms with van der Waals surface area (Å²) >= 11 is 1.70. The van der Waals surface area contributed by atoms with Crippen LogP contribution in [0, 0.1) is 0 Å². The Hall–Kier alpha value is -2.06. The number of benzene rings is 1. The number of morpholine rings is 1. The summed E-state index contributed by atoms with van der Waals surface area (Å²) in [7, 11) is 3.61. The first-order valence-electron chi connectivity index (χ1n) is 9.45. The van der Waals surface area contributed by atoms with Gasteiger partial charge in [0.2, 0.25) is 0 Å². The molecule has 1 aromatic heterocycles. The van der Waals surface area contributed by atoms with E-state index < -0.39 is 0 Å². The van der Waals surface area contributed by atoms with E-state index in [0.29, 0.717) is 26.3 Å². The molecular weight excluding hydrogens is 364 g/mol. The summed E-state index contributed by atoms with van der Waals surface area (Å²) in [5, 5.41) is 1.04. The number of amides is 2. The zero-order chi connectivity index (χ0) is 18.8. The molecule has 0 atom stereocenters. The summed E-state index contributed by atoms with van der Waals surface area (Å²) in [6.45, 7) is 4.48. The third kappa shape index (κ3) is 3.68. The molecule has 0 radical (unpaired) electrons. The molecule has 1 aromatic carbocycles. The fourth-order valence-corrected chi connectivity index (χ4v) is 4.82. The van der Waals surface area contributed by atoms with Crippen LogP contribution < -0.4 is 9.64 Å². The van der Waals surface area contributed by atoms with Gasteiger partial charge in [-0.15, -0.1) is 0 Å². The lowest BCUT2D eigenvalue weighted by atomic mass is 10.0. The van der Waals surface area contributed by atoms with Gasteiger partial charge in [0.05, 0.1) is 25.0 Å². The monoisotopic (exact) mass is 390 g/mol. The van der Waals surface area contributed by atoms with Gasteiger partial charge in [-0.05, 0) is 25.0 Å². The van der Waals surface area contributed by atoms with Crippen molar-refractivity contribution in [3.05, 3.63) is 18.2 Å². The maximum atomic E-state index is 12.7. The van der Waals surface area contributed by atoms with E-state index in [1.165, 1.54) is 0 Å². The van der Waals surface area contributed by atoms with Crippen LogP contribution in [0.25, 0.3) is 10.2 Å². The van der Waals surface area contributed by atoms with E-state index in [2.05, 4.69) is 11.0 Å². The first-order chi connectivity index (χ1) is 13.2. The van der Waals surface area contributed by atoms with Gasteiger partial charge in [0.15, 0.2) is 5.13 Å². The van der Waals surface area contributed by atoms with Gasteiger partial charge < -0.3 is 24.2 Å². The van der Waals surface area contributed by atoms with E-state index in [1.807, 2.05) is 29.0 Å². The Bertz CT molecular complexity index is 797. The molecule has 8 heteroatoms. The molecule has 7 nitrogen and oxygen atoms in total. The number of thiazole rings is 1. The number of aromatic nitrogens is 1. The van der Waals surface area contributed by atoms with Gasteiger partial charge in [0, 0.05) is 39.3 Å². The Morgan fingerprint density at radius 2 is 2.00 bits per heavy atom. The topological polar surface area (TPSA) is 58.1 Å². The lowest BCUT2D eigenvalue weighted by molar-refractivity contribution is 0.0409. The van der Waals surface area contributed by atoms with Crippen molar-refractivity contribution in [2.45, 2.75) is 18.9 Å². The van der Waals surface area contributed by atoms with Crippen LogP contribution in [-0.2, 0) is 4.74 Å². The van der Waals surface area contributed by atoms with Crippen molar-refractivity contribution in [1.29, 1.82) is 0 Å². The van der Waals surface area contributed by atoms with Gasteiger partial charge in [-0.25, -0.2) is 9.78 Å². The Balaban J connectivity index is 1.39. The van der Waals surface area contributed by atoms with Crippen LogP contribution in [0.4, 0.5) is 9.93 Å². The molecule has 146 valence electrons. The Morgan fingerprint density at radius 3 is 2.70 bits per heavy atom. The zero-order valence-corrected chi connectivity index (χ0v) is 16.7. The standard InChI is InChI=1S/C19H26N4O3S/c1-21(19(24)23-10-12-26-13-11-23)14-6-8-22(9-7-14)18-20-17-15(25-2)4-3-5-16(17)27-18/h3-5,14H,6-13H2,1-2H3. The maximum absolute atomic E-state index is 12.7. The number of methoxy groups -OCH3 is 1. The molecule has 2 fully saturated rings. The third-order valence-corrected chi connectivity index (χ3v) is 6.54. The summed E-state index contributed by atoms with van der Waals surface area (Å²) in [6.07, 6.45) is 1.92. The number of para-hydroxylation sites is 1. The van der Waals surface area contributed by atoms with Gasteiger partial charge in [0.25, 0.3) is 0 Å². The first kappa shape index (κ1) is 18.3. The second-order valence-electron chi connectivity index (χ2n) is 7.01. The minimum atomic E-state index is 0.126. The van der Waals surface area contributed by atoms with E-state index in [0.717, 1.165) is 47.0 Å². The van der Waals surface area contributed by atoms with Gasteiger partial charge in [0.1, 0.15) is 11.3 Å². The number of hydrogen-bond acceptors (Lipinski definition) is 6. The molecule has 0 spiro atoms. The largest absolute Gasteiger partial charge is 0.494 e. The van der Waals surface area contributed by atoms with Crippen molar-refractivity contribution in [3.8, 4) is 5.75 Å². The van der Waals surface area contributed by atoms with Crippen molar-refractivity contribution in [2.75, 3.05) is 58.5 Å². The molecule has 2 saturated heterocycles. The molecule has 0 unspecified atom stereocenters. The fraction of sp³-hybridized carbons (Fsp3) is 0.579. The molecule has 4 rings (SSSR count). The number of hydrogen-bond donors (Lipinski definition) is 0. The Kier molecular flexibility index (Phi) is 5.36. The highest BCUT2D eigenvalue weighted by molar-refractivity contribution is 7.22. The molecule has 2 aliphatic heterocycles. The van der Waals surface area contributed by atoms with Crippen LogP contribution in [0.2, 0.25) is 0 Å². The highest BCUT2D eigenvalue weighted by atomic mass is 32.1. The number of piperidine rings is 1.